The van der Waals surface area contributed by atoms with Crippen LogP contribution in [-0.2, 0) is 14.8 Å². The van der Waals surface area contributed by atoms with Crippen molar-refractivity contribution < 1.29 is 17.9 Å². The van der Waals surface area contributed by atoms with E-state index in [1.54, 1.807) is 12.1 Å². The Labute approximate surface area is 125 Å². The predicted octanol–water partition coefficient (Wildman–Crippen LogP) is 1.38. The molecule has 0 aliphatic rings. The normalized spacial score (nSPS) is 11.0. The second-order valence-corrected chi connectivity index (χ2v) is 6.47. The minimum atomic E-state index is -3.31. The number of benzene rings is 1. The number of ether oxygens (including phenoxy) is 1. The molecule has 0 aromatic heterocycles. The number of amides is 1. The van der Waals surface area contributed by atoms with Crippen molar-refractivity contribution in [2.45, 2.75) is 6.92 Å². The molecule has 0 unspecified atom stereocenters. The maximum Gasteiger partial charge on any atom is 0.251 e. The van der Waals surface area contributed by atoms with Crippen LogP contribution in [0.25, 0.3) is 0 Å². The molecular formula is C14H20N2O4S. The summed E-state index contributed by atoms with van der Waals surface area (Å²) in [6.07, 6.45) is 1.07. The molecule has 0 aliphatic heterocycles. The van der Waals surface area contributed by atoms with Gasteiger partial charge in [0.25, 0.3) is 5.91 Å². The van der Waals surface area contributed by atoms with E-state index in [-0.39, 0.29) is 5.91 Å². The van der Waals surface area contributed by atoms with Gasteiger partial charge in [-0.25, -0.2) is 8.42 Å². The first-order valence-electron chi connectivity index (χ1n) is 6.36. The van der Waals surface area contributed by atoms with E-state index in [1.807, 2.05) is 6.92 Å². The van der Waals surface area contributed by atoms with Crippen molar-refractivity contribution in [3.8, 4) is 0 Å². The SMILES string of the molecule is C=C(C)COCCNC(=O)c1ccc(NS(C)(=O)=O)cc1. The lowest BCUT2D eigenvalue weighted by Crippen LogP contribution is -2.27. The molecule has 0 aliphatic carbocycles. The van der Waals surface area contributed by atoms with Gasteiger partial charge in [-0.05, 0) is 31.2 Å². The van der Waals surface area contributed by atoms with Crippen LogP contribution in [0.15, 0.2) is 36.4 Å². The Balaban J connectivity index is 2.43. The molecule has 116 valence electrons. The van der Waals surface area contributed by atoms with Gasteiger partial charge in [-0.3, -0.25) is 9.52 Å². The number of hydrogen-bond acceptors (Lipinski definition) is 4. The number of hydrogen-bond donors (Lipinski definition) is 2. The fourth-order valence-electron chi connectivity index (χ4n) is 1.49. The van der Waals surface area contributed by atoms with Gasteiger partial charge in [0, 0.05) is 17.8 Å². The molecule has 0 saturated carbocycles. The van der Waals surface area contributed by atoms with E-state index < -0.39 is 10.0 Å². The van der Waals surface area contributed by atoms with E-state index in [9.17, 15) is 13.2 Å². The molecule has 2 N–H and O–H groups in total. The van der Waals surface area contributed by atoms with Crippen LogP contribution >= 0.6 is 0 Å². The van der Waals surface area contributed by atoms with E-state index in [2.05, 4.69) is 16.6 Å². The number of nitrogens with one attached hydrogen (secondary N) is 2. The minimum Gasteiger partial charge on any atom is -0.375 e. The Morgan fingerprint density at radius 1 is 1.29 bits per heavy atom. The van der Waals surface area contributed by atoms with E-state index in [0.717, 1.165) is 11.8 Å². The largest absolute Gasteiger partial charge is 0.375 e. The highest BCUT2D eigenvalue weighted by Gasteiger charge is 2.06. The first kappa shape index (κ1) is 17.2. The Morgan fingerprint density at radius 3 is 2.43 bits per heavy atom. The minimum absolute atomic E-state index is 0.236. The van der Waals surface area contributed by atoms with E-state index in [0.29, 0.717) is 31.0 Å². The summed E-state index contributed by atoms with van der Waals surface area (Å²) in [7, 11) is -3.31. The van der Waals surface area contributed by atoms with Gasteiger partial charge in [0.15, 0.2) is 0 Å². The molecule has 1 aromatic carbocycles. The standard InChI is InChI=1S/C14H20N2O4S/c1-11(2)10-20-9-8-15-14(17)12-4-6-13(7-5-12)16-21(3,18)19/h4-7,16H,1,8-10H2,2-3H3,(H,15,17). The Hall–Kier alpha value is -1.86. The molecule has 0 atom stereocenters. The number of carbonyl (C=O) groups excluding carboxylic acids is 1. The highest BCUT2D eigenvalue weighted by molar-refractivity contribution is 7.92. The van der Waals surface area contributed by atoms with Crippen molar-refractivity contribution in [3.05, 3.63) is 42.0 Å². The van der Waals surface area contributed by atoms with Gasteiger partial charge in [-0.1, -0.05) is 12.2 Å². The lowest BCUT2D eigenvalue weighted by atomic mass is 10.2. The zero-order valence-electron chi connectivity index (χ0n) is 12.2. The molecular weight excluding hydrogens is 292 g/mol. The van der Waals surface area contributed by atoms with Crippen LogP contribution in [0, 0.1) is 0 Å². The molecule has 0 radical (unpaired) electrons. The lowest BCUT2D eigenvalue weighted by molar-refractivity contribution is 0.0927. The summed E-state index contributed by atoms with van der Waals surface area (Å²) in [6.45, 7) is 6.85. The average Bonchev–Trinajstić information content (AvgIpc) is 2.36. The van der Waals surface area contributed by atoms with Crippen molar-refractivity contribution in [2.24, 2.45) is 0 Å². The second kappa shape index (κ2) is 7.80. The first-order chi connectivity index (χ1) is 9.78. The van der Waals surface area contributed by atoms with Gasteiger partial charge in [0.2, 0.25) is 10.0 Å². The third-order valence-corrected chi connectivity index (χ3v) is 2.94. The Bertz CT molecular complexity index is 594. The molecule has 6 nitrogen and oxygen atoms in total. The number of sulfonamides is 1. The molecule has 7 heteroatoms. The monoisotopic (exact) mass is 312 g/mol. The zero-order valence-corrected chi connectivity index (χ0v) is 13.0. The van der Waals surface area contributed by atoms with Crippen molar-refractivity contribution in [1.29, 1.82) is 0 Å². The summed E-state index contributed by atoms with van der Waals surface area (Å²) in [5.41, 5.74) is 1.79. The maximum absolute atomic E-state index is 11.8. The molecule has 0 heterocycles. The van der Waals surface area contributed by atoms with E-state index in [1.165, 1.54) is 12.1 Å². The second-order valence-electron chi connectivity index (χ2n) is 4.72. The maximum atomic E-state index is 11.8. The van der Waals surface area contributed by atoms with Crippen LogP contribution < -0.4 is 10.0 Å². The van der Waals surface area contributed by atoms with Crippen LogP contribution in [0.5, 0.6) is 0 Å². The van der Waals surface area contributed by atoms with Crippen LogP contribution in [0.1, 0.15) is 17.3 Å². The van der Waals surface area contributed by atoms with Crippen LogP contribution in [-0.4, -0.2) is 40.3 Å². The number of anilines is 1. The first-order valence-corrected chi connectivity index (χ1v) is 8.25. The summed E-state index contributed by atoms with van der Waals surface area (Å²) < 4.78 is 29.7. The topological polar surface area (TPSA) is 84.5 Å². The number of rotatable bonds is 8. The molecule has 21 heavy (non-hydrogen) atoms. The Kier molecular flexibility index (Phi) is 6.39. The molecule has 0 spiro atoms. The van der Waals surface area contributed by atoms with Crippen molar-refractivity contribution in [3.63, 3.8) is 0 Å². The van der Waals surface area contributed by atoms with Crippen molar-refractivity contribution >= 4 is 21.6 Å². The third-order valence-electron chi connectivity index (χ3n) is 2.33. The fourth-order valence-corrected chi connectivity index (χ4v) is 2.05. The average molecular weight is 312 g/mol. The zero-order chi connectivity index (χ0) is 15.9. The summed E-state index contributed by atoms with van der Waals surface area (Å²) in [5.74, 6) is -0.236. The predicted molar refractivity (Wildman–Crippen MR) is 82.9 cm³/mol. The van der Waals surface area contributed by atoms with Crippen LogP contribution in [0.2, 0.25) is 0 Å². The lowest BCUT2D eigenvalue weighted by Gasteiger charge is -2.07. The number of carbonyl (C=O) groups is 1. The molecule has 0 fully saturated rings. The van der Waals surface area contributed by atoms with Gasteiger partial charge in [0.1, 0.15) is 0 Å². The van der Waals surface area contributed by atoms with Gasteiger partial charge in [-0.2, -0.15) is 0 Å². The quantitative estimate of drug-likeness (QED) is 0.561. The highest BCUT2D eigenvalue weighted by atomic mass is 32.2. The van der Waals surface area contributed by atoms with E-state index in [4.69, 9.17) is 4.74 Å². The molecule has 1 rings (SSSR count). The summed E-state index contributed by atoms with van der Waals surface area (Å²) in [6, 6.07) is 6.18. The van der Waals surface area contributed by atoms with Crippen LogP contribution in [0.4, 0.5) is 5.69 Å². The molecule has 0 saturated heterocycles. The van der Waals surface area contributed by atoms with Gasteiger partial charge >= 0.3 is 0 Å². The van der Waals surface area contributed by atoms with Gasteiger partial charge in [-0.15, -0.1) is 0 Å². The van der Waals surface area contributed by atoms with Gasteiger partial charge < -0.3 is 10.1 Å². The third kappa shape index (κ3) is 7.48. The van der Waals surface area contributed by atoms with Crippen molar-refractivity contribution in [1.82, 2.24) is 5.32 Å². The van der Waals surface area contributed by atoms with Gasteiger partial charge in [0.05, 0.1) is 19.5 Å². The van der Waals surface area contributed by atoms with E-state index >= 15 is 0 Å². The molecule has 0 bridgehead atoms. The smallest absolute Gasteiger partial charge is 0.251 e. The summed E-state index contributed by atoms with van der Waals surface area (Å²) in [5, 5.41) is 2.71. The summed E-state index contributed by atoms with van der Waals surface area (Å²) in [4.78, 5) is 11.8. The molecule has 1 amide bonds. The van der Waals surface area contributed by atoms with Crippen LogP contribution in [0.3, 0.4) is 0 Å². The Morgan fingerprint density at radius 2 is 1.90 bits per heavy atom. The molecule has 1 aromatic rings. The highest BCUT2D eigenvalue weighted by Crippen LogP contribution is 2.10. The fraction of sp³-hybridized carbons (Fsp3) is 0.357. The summed E-state index contributed by atoms with van der Waals surface area (Å²) >= 11 is 0. The van der Waals surface area contributed by atoms with Crippen molar-refractivity contribution in [2.75, 3.05) is 30.7 Å².